The Morgan fingerprint density at radius 3 is 3.09 bits per heavy atom. The highest BCUT2D eigenvalue weighted by Gasteiger charge is 2.23. The maximum Gasteiger partial charge on any atom is 0.308 e. The van der Waals surface area contributed by atoms with E-state index in [9.17, 15) is 9.90 Å². The Kier molecular flexibility index (Phi) is 4.65. The molecule has 0 bridgehead atoms. The summed E-state index contributed by atoms with van der Waals surface area (Å²) in [5.41, 5.74) is 1.19. The van der Waals surface area contributed by atoms with Gasteiger partial charge in [-0.15, -0.1) is 5.10 Å². The van der Waals surface area contributed by atoms with Crippen LogP contribution < -0.4 is 10.1 Å². The fourth-order valence-corrected chi connectivity index (χ4v) is 2.16. The van der Waals surface area contributed by atoms with Gasteiger partial charge in [-0.25, -0.2) is 4.68 Å². The number of benzene rings is 1. The molecule has 3 rings (SSSR count). The van der Waals surface area contributed by atoms with Crippen LogP contribution in [-0.4, -0.2) is 38.8 Å². The van der Waals surface area contributed by atoms with Crippen LogP contribution in [0.2, 0.25) is 0 Å². The van der Waals surface area contributed by atoms with E-state index in [1.807, 2.05) is 0 Å². The first kappa shape index (κ1) is 15.6. The Bertz CT molecular complexity index is 684. The van der Waals surface area contributed by atoms with Gasteiger partial charge in [0, 0.05) is 25.2 Å². The first-order chi connectivity index (χ1) is 11.1. The van der Waals surface area contributed by atoms with Crippen LogP contribution in [0.25, 0.3) is 0 Å². The Morgan fingerprint density at radius 1 is 1.57 bits per heavy atom. The highest BCUT2D eigenvalue weighted by Crippen LogP contribution is 2.23. The van der Waals surface area contributed by atoms with Crippen molar-refractivity contribution in [2.75, 3.05) is 6.61 Å². The molecule has 8 nitrogen and oxygen atoms in total. The van der Waals surface area contributed by atoms with Crippen molar-refractivity contribution in [3.63, 3.8) is 0 Å². The molecule has 0 radical (unpaired) electrons. The summed E-state index contributed by atoms with van der Waals surface area (Å²) in [5, 5.41) is 21.2. The Morgan fingerprint density at radius 2 is 2.35 bits per heavy atom. The van der Waals surface area contributed by atoms with Crippen LogP contribution in [0.3, 0.4) is 0 Å². The van der Waals surface area contributed by atoms with Gasteiger partial charge >= 0.3 is 5.97 Å². The number of hydrogen-bond donors (Lipinski definition) is 2. The number of nitrogens with one attached hydrogen (secondary N) is 1. The first-order valence-electron chi connectivity index (χ1n) is 7.31. The minimum Gasteiger partial charge on any atom is -0.426 e. The van der Waals surface area contributed by atoms with Crippen molar-refractivity contribution in [2.45, 2.75) is 32.3 Å². The Hall–Kier alpha value is -2.29. The van der Waals surface area contributed by atoms with Crippen LogP contribution in [0.15, 0.2) is 30.5 Å². The lowest BCUT2D eigenvalue weighted by Crippen LogP contribution is -2.21. The lowest BCUT2D eigenvalue weighted by molar-refractivity contribution is -0.132. The van der Waals surface area contributed by atoms with E-state index in [1.165, 1.54) is 6.92 Å². The van der Waals surface area contributed by atoms with E-state index in [0.717, 1.165) is 6.61 Å². The number of aliphatic hydroxyl groups excluding tert-OH is 1. The van der Waals surface area contributed by atoms with E-state index >= 15 is 0 Å². The monoisotopic (exact) mass is 318 g/mol. The molecular weight excluding hydrogens is 300 g/mol. The number of epoxide rings is 1. The zero-order valence-electron chi connectivity index (χ0n) is 12.7. The molecule has 1 aliphatic rings. The zero-order chi connectivity index (χ0) is 16.2. The number of hydrogen-bond acceptors (Lipinski definition) is 7. The van der Waals surface area contributed by atoms with Gasteiger partial charge < -0.3 is 14.6 Å². The quantitative estimate of drug-likeness (QED) is 0.329. The fraction of sp³-hybridized carbons (Fsp3) is 0.400. The van der Waals surface area contributed by atoms with Gasteiger partial charge in [-0.1, -0.05) is 23.4 Å². The third-order valence-electron chi connectivity index (χ3n) is 3.32. The SMILES string of the molecule is CC(=O)Oc1ccccc1C(O)NCc1cn(C[C@@H]2CO2)nn1. The number of aliphatic hydroxyl groups is 1. The molecule has 1 saturated heterocycles. The highest BCUT2D eigenvalue weighted by atomic mass is 16.6. The third kappa shape index (κ3) is 4.35. The lowest BCUT2D eigenvalue weighted by Gasteiger charge is -2.15. The van der Waals surface area contributed by atoms with Crippen molar-refractivity contribution in [3.8, 4) is 5.75 Å². The fourth-order valence-electron chi connectivity index (χ4n) is 2.16. The van der Waals surface area contributed by atoms with Crippen molar-refractivity contribution in [1.82, 2.24) is 20.3 Å². The number of carbonyl (C=O) groups is 1. The van der Waals surface area contributed by atoms with Crippen molar-refractivity contribution in [1.29, 1.82) is 0 Å². The summed E-state index contributed by atoms with van der Waals surface area (Å²) in [6.07, 6.45) is 1.06. The summed E-state index contributed by atoms with van der Waals surface area (Å²) in [7, 11) is 0. The molecule has 2 N–H and O–H groups in total. The minimum atomic E-state index is -0.984. The summed E-state index contributed by atoms with van der Waals surface area (Å²) in [4.78, 5) is 11.1. The van der Waals surface area contributed by atoms with Gasteiger partial charge in [-0.3, -0.25) is 10.1 Å². The van der Waals surface area contributed by atoms with E-state index < -0.39 is 12.2 Å². The Labute approximate surface area is 133 Å². The van der Waals surface area contributed by atoms with E-state index in [0.29, 0.717) is 30.1 Å². The van der Waals surface area contributed by atoms with Crippen molar-refractivity contribution in [2.24, 2.45) is 0 Å². The van der Waals surface area contributed by atoms with Crippen molar-refractivity contribution < 1.29 is 19.4 Å². The minimum absolute atomic E-state index is 0.235. The second kappa shape index (κ2) is 6.86. The topological polar surface area (TPSA) is 102 Å². The standard InChI is InChI=1S/C15H18N4O4/c1-10(20)23-14-5-3-2-4-13(14)15(21)16-6-11-7-19(18-17-11)8-12-9-22-12/h2-5,7,12,15-16,21H,6,8-9H2,1H3/t12-,15?/m1/s1. The van der Waals surface area contributed by atoms with E-state index in [-0.39, 0.29) is 6.10 Å². The number of para-hydroxylation sites is 1. The normalized spacial score (nSPS) is 17.7. The average molecular weight is 318 g/mol. The maximum atomic E-state index is 11.1. The van der Waals surface area contributed by atoms with Crippen LogP contribution >= 0.6 is 0 Å². The summed E-state index contributed by atoms with van der Waals surface area (Å²) in [6.45, 7) is 3.10. The van der Waals surface area contributed by atoms with Crippen molar-refractivity contribution in [3.05, 3.63) is 41.7 Å². The predicted octanol–water partition coefficient (Wildman–Crippen LogP) is 0.383. The van der Waals surface area contributed by atoms with Crippen LogP contribution in [0, 0.1) is 0 Å². The predicted molar refractivity (Wildman–Crippen MR) is 79.3 cm³/mol. The second-order valence-corrected chi connectivity index (χ2v) is 5.30. The molecule has 1 aromatic carbocycles. The molecule has 1 fully saturated rings. The number of rotatable bonds is 7. The molecule has 0 spiro atoms. The molecular formula is C15H18N4O4. The summed E-state index contributed by atoms with van der Waals surface area (Å²) >= 11 is 0. The molecule has 0 saturated carbocycles. The maximum absolute atomic E-state index is 11.1. The number of carbonyl (C=O) groups excluding carboxylic acids is 1. The summed E-state index contributed by atoms with van der Waals surface area (Å²) in [5.74, 6) is -0.107. The molecule has 23 heavy (non-hydrogen) atoms. The van der Waals surface area contributed by atoms with Gasteiger partial charge in [0.25, 0.3) is 0 Å². The highest BCUT2D eigenvalue weighted by molar-refractivity contribution is 5.69. The van der Waals surface area contributed by atoms with Crippen LogP contribution in [0.4, 0.5) is 0 Å². The van der Waals surface area contributed by atoms with E-state index in [1.54, 1.807) is 35.1 Å². The molecule has 1 unspecified atom stereocenters. The largest absolute Gasteiger partial charge is 0.426 e. The molecule has 0 amide bonds. The average Bonchev–Trinajstić information content (AvgIpc) is 3.22. The van der Waals surface area contributed by atoms with Gasteiger partial charge in [0.15, 0.2) is 0 Å². The van der Waals surface area contributed by atoms with Gasteiger partial charge in [0.05, 0.1) is 18.8 Å². The molecule has 2 atom stereocenters. The smallest absolute Gasteiger partial charge is 0.308 e. The molecule has 1 aromatic heterocycles. The van der Waals surface area contributed by atoms with E-state index in [2.05, 4.69) is 15.6 Å². The lowest BCUT2D eigenvalue weighted by atomic mass is 10.1. The zero-order valence-corrected chi connectivity index (χ0v) is 12.7. The number of esters is 1. The molecule has 122 valence electrons. The molecule has 8 heteroatoms. The second-order valence-electron chi connectivity index (χ2n) is 5.30. The third-order valence-corrected chi connectivity index (χ3v) is 3.32. The Balaban J connectivity index is 1.59. The van der Waals surface area contributed by atoms with Gasteiger partial charge in [0.1, 0.15) is 18.1 Å². The number of aromatic nitrogens is 3. The van der Waals surface area contributed by atoms with Gasteiger partial charge in [-0.05, 0) is 6.07 Å². The van der Waals surface area contributed by atoms with Gasteiger partial charge in [-0.2, -0.15) is 0 Å². The van der Waals surface area contributed by atoms with Crippen LogP contribution in [-0.2, 0) is 22.6 Å². The first-order valence-corrected chi connectivity index (χ1v) is 7.31. The number of ether oxygens (including phenoxy) is 2. The van der Waals surface area contributed by atoms with Crippen molar-refractivity contribution >= 4 is 5.97 Å². The number of nitrogens with zero attached hydrogens (tertiary/aromatic N) is 3. The van der Waals surface area contributed by atoms with Crippen LogP contribution in [0.1, 0.15) is 24.4 Å². The molecule has 0 aliphatic carbocycles. The molecule has 1 aliphatic heterocycles. The molecule has 2 aromatic rings. The van der Waals surface area contributed by atoms with E-state index in [4.69, 9.17) is 9.47 Å². The summed E-state index contributed by atoms with van der Waals surface area (Å²) in [6, 6.07) is 6.82. The van der Waals surface area contributed by atoms with Crippen LogP contribution in [0.5, 0.6) is 5.75 Å². The van der Waals surface area contributed by atoms with Gasteiger partial charge in [0.2, 0.25) is 0 Å². The molecule has 2 heterocycles. The summed E-state index contributed by atoms with van der Waals surface area (Å²) < 4.78 is 11.9.